The number of hydrogen-bond acceptors (Lipinski definition) is 3. The molecule has 2 heterocycles. The highest BCUT2D eigenvalue weighted by Gasteiger charge is 2.45. The molecule has 2 amide bonds. The Morgan fingerprint density at radius 3 is 2.61 bits per heavy atom. The van der Waals surface area contributed by atoms with Gasteiger partial charge in [-0.05, 0) is 32.6 Å². The molecule has 2 saturated heterocycles. The van der Waals surface area contributed by atoms with Crippen LogP contribution < -0.4 is 5.73 Å². The maximum atomic E-state index is 12.4. The topological polar surface area (TPSA) is 86.9 Å². The van der Waals surface area contributed by atoms with Gasteiger partial charge >= 0.3 is 12.0 Å². The van der Waals surface area contributed by atoms with Gasteiger partial charge in [0.2, 0.25) is 0 Å². The maximum absolute atomic E-state index is 12.4. The summed E-state index contributed by atoms with van der Waals surface area (Å²) in [5.74, 6) is -0.918. The van der Waals surface area contributed by atoms with E-state index in [2.05, 4.69) is 0 Å². The second kappa shape index (κ2) is 4.76. The zero-order valence-electron chi connectivity index (χ0n) is 10.8. The van der Waals surface area contributed by atoms with Crippen LogP contribution in [0.25, 0.3) is 0 Å². The summed E-state index contributed by atoms with van der Waals surface area (Å²) in [5.41, 5.74) is 4.72. The molecule has 0 saturated carbocycles. The summed E-state index contributed by atoms with van der Waals surface area (Å²) in [4.78, 5) is 27.0. The number of nitrogens with two attached hydrogens (primary N) is 1. The van der Waals surface area contributed by atoms with Crippen LogP contribution >= 0.6 is 0 Å². The number of hydrogen-bond donors (Lipinski definition) is 2. The smallest absolute Gasteiger partial charge is 0.329 e. The second-order valence-electron chi connectivity index (χ2n) is 5.47. The van der Waals surface area contributed by atoms with Gasteiger partial charge in [0, 0.05) is 25.7 Å². The zero-order valence-corrected chi connectivity index (χ0v) is 10.8. The minimum absolute atomic E-state index is 0.0230. The van der Waals surface area contributed by atoms with Crippen molar-refractivity contribution >= 4 is 12.0 Å². The molecule has 2 aliphatic rings. The van der Waals surface area contributed by atoms with Gasteiger partial charge < -0.3 is 20.6 Å². The number of likely N-dealkylation sites (tertiary alicyclic amines) is 2. The summed E-state index contributed by atoms with van der Waals surface area (Å²) in [6.45, 7) is 3.33. The standard InChI is InChI=1S/C12H21N3O3/c1-12(10(16)17)5-2-3-6-15(12)11(18)14-7-4-9(13)8-14/h9H,2-8,13H2,1H3,(H,16,17). The highest BCUT2D eigenvalue weighted by Crippen LogP contribution is 2.29. The molecule has 0 aliphatic carbocycles. The fourth-order valence-electron chi connectivity index (χ4n) is 2.78. The van der Waals surface area contributed by atoms with Crippen LogP contribution in [-0.2, 0) is 4.79 Å². The monoisotopic (exact) mass is 255 g/mol. The Morgan fingerprint density at radius 1 is 1.33 bits per heavy atom. The third kappa shape index (κ3) is 2.16. The first-order valence-corrected chi connectivity index (χ1v) is 6.50. The number of piperidine rings is 1. The minimum atomic E-state index is -1.07. The van der Waals surface area contributed by atoms with Crippen molar-refractivity contribution in [3.8, 4) is 0 Å². The molecule has 0 bridgehead atoms. The van der Waals surface area contributed by atoms with Gasteiger partial charge in [0.15, 0.2) is 0 Å². The van der Waals surface area contributed by atoms with Crippen LogP contribution in [0, 0.1) is 0 Å². The largest absolute Gasteiger partial charge is 0.480 e. The Labute approximate surface area is 107 Å². The summed E-state index contributed by atoms with van der Waals surface area (Å²) < 4.78 is 0. The highest BCUT2D eigenvalue weighted by molar-refractivity contribution is 5.86. The third-order valence-corrected chi connectivity index (χ3v) is 4.08. The highest BCUT2D eigenvalue weighted by atomic mass is 16.4. The van der Waals surface area contributed by atoms with Gasteiger partial charge in [0.05, 0.1) is 0 Å². The zero-order chi connectivity index (χ0) is 13.3. The molecule has 0 spiro atoms. The molecule has 6 nitrogen and oxygen atoms in total. The SMILES string of the molecule is CC1(C(=O)O)CCCCN1C(=O)N1CCC(N)C1. The third-order valence-electron chi connectivity index (χ3n) is 4.08. The molecule has 2 fully saturated rings. The average molecular weight is 255 g/mol. The average Bonchev–Trinajstić information content (AvgIpc) is 2.75. The van der Waals surface area contributed by atoms with Crippen molar-refractivity contribution in [2.24, 2.45) is 5.73 Å². The molecule has 2 unspecified atom stereocenters. The summed E-state index contributed by atoms with van der Waals surface area (Å²) in [6, 6.07) is -0.151. The van der Waals surface area contributed by atoms with Crippen molar-refractivity contribution in [1.29, 1.82) is 0 Å². The maximum Gasteiger partial charge on any atom is 0.329 e. The first-order valence-electron chi connectivity index (χ1n) is 6.50. The Balaban J connectivity index is 2.14. The Hall–Kier alpha value is -1.30. The van der Waals surface area contributed by atoms with E-state index in [-0.39, 0.29) is 12.1 Å². The molecule has 0 aromatic rings. The Morgan fingerprint density at radius 2 is 2.06 bits per heavy atom. The molecular formula is C12H21N3O3. The van der Waals surface area contributed by atoms with Gasteiger partial charge in [-0.2, -0.15) is 0 Å². The predicted molar refractivity (Wildman–Crippen MR) is 66.2 cm³/mol. The van der Waals surface area contributed by atoms with E-state index in [1.54, 1.807) is 11.8 Å². The van der Waals surface area contributed by atoms with Gasteiger partial charge in [0.25, 0.3) is 0 Å². The van der Waals surface area contributed by atoms with E-state index >= 15 is 0 Å². The van der Waals surface area contributed by atoms with Gasteiger partial charge in [-0.1, -0.05) is 0 Å². The molecule has 6 heteroatoms. The fourth-order valence-corrected chi connectivity index (χ4v) is 2.78. The summed E-state index contributed by atoms with van der Waals surface area (Å²) in [5, 5.41) is 9.37. The van der Waals surface area contributed by atoms with Crippen molar-refractivity contribution < 1.29 is 14.7 Å². The van der Waals surface area contributed by atoms with Crippen molar-refractivity contribution in [3.05, 3.63) is 0 Å². The van der Waals surface area contributed by atoms with Gasteiger partial charge in [0.1, 0.15) is 5.54 Å². The second-order valence-corrected chi connectivity index (χ2v) is 5.47. The molecule has 2 aliphatic heterocycles. The van der Waals surface area contributed by atoms with E-state index in [1.165, 1.54) is 4.90 Å². The molecule has 3 N–H and O–H groups in total. The number of nitrogens with zero attached hydrogens (tertiary/aromatic N) is 2. The molecule has 0 aromatic heterocycles. The number of aliphatic carboxylic acids is 1. The lowest BCUT2D eigenvalue weighted by Gasteiger charge is -2.43. The lowest BCUT2D eigenvalue weighted by Crippen LogP contribution is -2.60. The van der Waals surface area contributed by atoms with Gasteiger partial charge in [-0.25, -0.2) is 9.59 Å². The van der Waals surface area contributed by atoms with Gasteiger partial charge in [-0.3, -0.25) is 0 Å². The van der Waals surface area contributed by atoms with Crippen LogP contribution in [0.15, 0.2) is 0 Å². The summed E-state index contributed by atoms with van der Waals surface area (Å²) >= 11 is 0. The molecule has 2 atom stereocenters. The number of amides is 2. The minimum Gasteiger partial charge on any atom is -0.480 e. The number of carbonyl (C=O) groups excluding carboxylic acids is 1. The molecule has 2 rings (SSSR count). The Bertz CT molecular complexity index is 360. The van der Waals surface area contributed by atoms with E-state index in [4.69, 9.17) is 5.73 Å². The van der Waals surface area contributed by atoms with Crippen LogP contribution in [0.2, 0.25) is 0 Å². The van der Waals surface area contributed by atoms with Gasteiger partial charge in [-0.15, -0.1) is 0 Å². The summed E-state index contributed by atoms with van der Waals surface area (Å²) in [7, 11) is 0. The van der Waals surface area contributed by atoms with Crippen LogP contribution in [0.5, 0.6) is 0 Å². The molecule has 0 radical (unpaired) electrons. The van der Waals surface area contributed by atoms with E-state index < -0.39 is 11.5 Å². The van der Waals surface area contributed by atoms with Crippen molar-refractivity contribution in [3.63, 3.8) is 0 Å². The lowest BCUT2D eigenvalue weighted by atomic mass is 9.89. The number of rotatable bonds is 1. The van der Waals surface area contributed by atoms with Crippen LogP contribution in [0.4, 0.5) is 4.79 Å². The normalized spacial score (nSPS) is 32.7. The van der Waals surface area contributed by atoms with E-state index in [0.717, 1.165) is 19.3 Å². The lowest BCUT2D eigenvalue weighted by molar-refractivity contribution is -0.150. The molecular weight excluding hydrogens is 234 g/mol. The van der Waals surface area contributed by atoms with Crippen molar-refractivity contribution in [1.82, 2.24) is 9.80 Å². The van der Waals surface area contributed by atoms with Crippen LogP contribution in [-0.4, -0.2) is 58.1 Å². The first kappa shape index (κ1) is 13.1. The fraction of sp³-hybridized carbons (Fsp3) is 0.833. The van der Waals surface area contributed by atoms with Crippen molar-refractivity contribution in [2.75, 3.05) is 19.6 Å². The summed E-state index contributed by atoms with van der Waals surface area (Å²) in [6.07, 6.45) is 3.04. The number of carboxylic acids is 1. The van der Waals surface area contributed by atoms with E-state index in [0.29, 0.717) is 26.1 Å². The molecule has 102 valence electrons. The molecule has 18 heavy (non-hydrogen) atoms. The quantitative estimate of drug-likeness (QED) is 0.713. The van der Waals surface area contributed by atoms with Crippen LogP contribution in [0.3, 0.4) is 0 Å². The number of carboxylic acid groups (broad SMARTS) is 1. The van der Waals surface area contributed by atoms with Crippen LogP contribution in [0.1, 0.15) is 32.6 Å². The van der Waals surface area contributed by atoms with E-state index in [1.807, 2.05) is 0 Å². The van der Waals surface area contributed by atoms with Crippen molar-refractivity contribution in [2.45, 2.75) is 44.2 Å². The number of carbonyl (C=O) groups is 2. The predicted octanol–water partition coefficient (Wildman–Crippen LogP) is 0.469. The first-order chi connectivity index (χ1) is 8.45. The number of urea groups is 1. The van der Waals surface area contributed by atoms with E-state index in [9.17, 15) is 14.7 Å². The Kier molecular flexibility index (Phi) is 3.47. The molecule has 0 aromatic carbocycles.